The van der Waals surface area contributed by atoms with Crippen LogP contribution >= 0.6 is 11.8 Å². The second-order valence-corrected chi connectivity index (χ2v) is 7.91. The Hall–Kier alpha value is -3.39. The fraction of sp³-hybridized carbons (Fsp3) is 0.217. The molecule has 8 heteroatoms. The number of rotatable bonds is 7. The summed E-state index contributed by atoms with van der Waals surface area (Å²) < 4.78 is 11.7. The highest BCUT2D eigenvalue weighted by Crippen LogP contribution is 2.30. The summed E-state index contributed by atoms with van der Waals surface area (Å²) in [4.78, 5) is 16.7. The Kier molecular flexibility index (Phi) is 6.18. The number of hydrazone groups is 1. The van der Waals surface area contributed by atoms with Gasteiger partial charge < -0.3 is 9.47 Å². The molecular formula is C23H22N4O3S. The molecule has 0 saturated carbocycles. The molecule has 0 saturated heterocycles. The predicted octanol–water partition coefficient (Wildman–Crippen LogP) is 4.48. The van der Waals surface area contributed by atoms with Gasteiger partial charge in [-0.25, -0.2) is 0 Å². The van der Waals surface area contributed by atoms with Gasteiger partial charge in [-0.05, 0) is 48.9 Å². The largest absolute Gasteiger partial charge is 0.490 e. The highest BCUT2D eigenvalue weighted by molar-refractivity contribution is 8.26. The van der Waals surface area contributed by atoms with Crippen molar-refractivity contribution >= 4 is 39.8 Å². The topological polar surface area (TPSA) is 87.3 Å². The summed E-state index contributed by atoms with van der Waals surface area (Å²) in [6.07, 6.45) is 2.36. The predicted molar refractivity (Wildman–Crippen MR) is 124 cm³/mol. The lowest BCUT2D eigenvalue weighted by Gasteiger charge is -2.20. The van der Waals surface area contributed by atoms with Crippen molar-refractivity contribution in [3.05, 3.63) is 65.2 Å². The van der Waals surface area contributed by atoms with E-state index < -0.39 is 5.91 Å². The number of para-hydroxylation sites is 2. The number of amides is 1. The Bertz CT molecular complexity index is 1120. The molecule has 0 unspecified atom stereocenters. The number of benzene rings is 2. The van der Waals surface area contributed by atoms with Crippen LogP contribution in [0.3, 0.4) is 0 Å². The van der Waals surface area contributed by atoms with Crippen LogP contribution in [0, 0.1) is 12.3 Å². The SMILES string of the molecule is CCC1=NN2C(=N)/C(=C\c3ccccc3OCCOc3ccccc3C)C(=O)N=C2S1. The summed E-state index contributed by atoms with van der Waals surface area (Å²) in [6, 6.07) is 15.2. The van der Waals surface area contributed by atoms with E-state index in [4.69, 9.17) is 14.9 Å². The number of amidine groups is 2. The number of nitrogens with one attached hydrogen (secondary N) is 1. The molecule has 2 aromatic carbocycles. The molecule has 0 atom stereocenters. The lowest BCUT2D eigenvalue weighted by atomic mass is 10.1. The number of ether oxygens (including phenoxy) is 2. The number of nitrogens with zero attached hydrogens (tertiary/aromatic N) is 3. The van der Waals surface area contributed by atoms with Gasteiger partial charge in [0, 0.05) is 5.56 Å². The zero-order chi connectivity index (χ0) is 21.8. The van der Waals surface area contributed by atoms with Crippen molar-refractivity contribution in [1.82, 2.24) is 5.01 Å². The number of hydrogen-bond donors (Lipinski definition) is 1. The van der Waals surface area contributed by atoms with Crippen molar-refractivity contribution in [3.8, 4) is 11.5 Å². The maximum atomic E-state index is 12.6. The minimum atomic E-state index is -0.450. The average Bonchev–Trinajstić information content (AvgIpc) is 3.19. The van der Waals surface area contributed by atoms with Crippen molar-refractivity contribution < 1.29 is 14.3 Å². The minimum absolute atomic E-state index is 0.0173. The van der Waals surface area contributed by atoms with E-state index in [0.29, 0.717) is 29.7 Å². The van der Waals surface area contributed by atoms with Crippen LogP contribution in [0.2, 0.25) is 0 Å². The Morgan fingerprint density at radius 2 is 1.74 bits per heavy atom. The monoisotopic (exact) mass is 434 g/mol. The molecule has 2 aliphatic rings. The minimum Gasteiger partial charge on any atom is -0.490 e. The van der Waals surface area contributed by atoms with Crippen LogP contribution in [0.1, 0.15) is 24.5 Å². The Morgan fingerprint density at radius 1 is 1.06 bits per heavy atom. The molecule has 1 amide bonds. The summed E-state index contributed by atoms with van der Waals surface area (Å²) in [5.41, 5.74) is 1.94. The summed E-state index contributed by atoms with van der Waals surface area (Å²) >= 11 is 1.32. The molecule has 0 aromatic heterocycles. The summed E-state index contributed by atoms with van der Waals surface area (Å²) in [7, 11) is 0. The van der Waals surface area contributed by atoms with Crippen molar-refractivity contribution in [1.29, 1.82) is 5.41 Å². The third-order valence-electron chi connectivity index (χ3n) is 4.71. The van der Waals surface area contributed by atoms with Gasteiger partial charge in [0.05, 0.1) is 5.57 Å². The van der Waals surface area contributed by atoms with Crippen LogP contribution in [-0.4, -0.2) is 40.2 Å². The zero-order valence-electron chi connectivity index (χ0n) is 17.3. The molecule has 2 aromatic rings. The van der Waals surface area contributed by atoms with Gasteiger partial charge in [0.25, 0.3) is 5.91 Å². The molecule has 0 radical (unpaired) electrons. The molecule has 1 N–H and O–H groups in total. The molecule has 0 spiro atoms. The van der Waals surface area contributed by atoms with E-state index in [0.717, 1.165) is 22.8 Å². The van der Waals surface area contributed by atoms with Crippen LogP contribution < -0.4 is 9.47 Å². The summed E-state index contributed by atoms with van der Waals surface area (Å²) in [5.74, 6) is 0.997. The first-order chi connectivity index (χ1) is 15.1. The summed E-state index contributed by atoms with van der Waals surface area (Å²) in [6.45, 7) is 4.70. The van der Waals surface area contributed by atoms with Crippen LogP contribution in [0.15, 0.2) is 64.2 Å². The van der Waals surface area contributed by atoms with Gasteiger partial charge in [-0.1, -0.05) is 43.3 Å². The first-order valence-corrected chi connectivity index (χ1v) is 10.8. The highest BCUT2D eigenvalue weighted by atomic mass is 32.2. The number of aryl methyl sites for hydroxylation is 1. The molecule has 0 bridgehead atoms. The van der Waals surface area contributed by atoms with E-state index >= 15 is 0 Å². The Labute approximate surface area is 185 Å². The Balaban J connectivity index is 1.48. The van der Waals surface area contributed by atoms with E-state index in [9.17, 15) is 4.79 Å². The first kappa shape index (κ1) is 20.9. The third-order valence-corrected chi connectivity index (χ3v) is 5.76. The maximum absolute atomic E-state index is 12.6. The van der Waals surface area contributed by atoms with Crippen LogP contribution in [0.4, 0.5) is 0 Å². The lowest BCUT2D eigenvalue weighted by Crippen LogP contribution is -2.35. The second kappa shape index (κ2) is 9.18. The number of aliphatic imine (C=N–C) groups is 1. The molecular weight excluding hydrogens is 412 g/mol. The van der Waals surface area contributed by atoms with Gasteiger partial charge in [-0.2, -0.15) is 15.1 Å². The van der Waals surface area contributed by atoms with E-state index in [1.807, 2.05) is 62.4 Å². The van der Waals surface area contributed by atoms with Gasteiger partial charge in [0.15, 0.2) is 5.84 Å². The van der Waals surface area contributed by atoms with Crippen LogP contribution in [0.25, 0.3) is 6.08 Å². The maximum Gasteiger partial charge on any atom is 0.283 e. The third kappa shape index (κ3) is 4.54. The standard InChI is InChI=1S/C23H22N4O3S/c1-3-20-26-27-21(24)17(22(28)25-23(27)31-20)14-16-9-5-7-11-19(16)30-13-12-29-18-10-6-4-8-15(18)2/h4-11,14,24H,3,12-13H2,1-2H3/b17-14+,24-21?. The zero-order valence-corrected chi connectivity index (χ0v) is 18.1. The number of hydrogen-bond acceptors (Lipinski definition) is 6. The van der Waals surface area contributed by atoms with Crippen molar-refractivity contribution in [2.75, 3.05) is 13.2 Å². The van der Waals surface area contributed by atoms with E-state index in [1.54, 1.807) is 6.08 Å². The van der Waals surface area contributed by atoms with E-state index in [1.165, 1.54) is 16.8 Å². The van der Waals surface area contributed by atoms with Crippen molar-refractivity contribution in [3.63, 3.8) is 0 Å². The number of carbonyl (C=O) groups is 1. The molecule has 0 aliphatic carbocycles. The van der Waals surface area contributed by atoms with Gasteiger partial charge in [-0.3, -0.25) is 10.2 Å². The van der Waals surface area contributed by atoms with Gasteiger partial charge in [-0.15, -0.1) is 0 Å². The lowest BCUT2D eigenvalue weighted by molar-refractivity contribution is -0.114. The van der Waals surface area contributed by atoms with Gasteiger partial charge in [0.2, 0.25) is 5.17 Å². The molecule has 0 fully saturated rings. The number of thioether (sulfide) groups is 1. The molecule has 158 valence electrons. The first-order valence-electron chi connectivity index (χ1n) is 9.96. The van der Waals surface area contributed by atoms with Gasteiger partial charge in [0.1, 0.15) is 29.8 Å². The summed E-state index contributed by atoms with van der Waals surface area (Å²) in [5, 5.41) is 15.5. The smallest absolute Gasteiger partial charge is 0.283 e. The van der Waals surface area contributed by atoms with Crippen LogP contribution in [-0.2, 0) is 4.79 Å². The number of carbonyl (C=O) groups excluding carboxylic acids is 1. The highest BCUT2D eigenvalue weighted by Gasteiger charge is 2.35. The molecule has 31 heavy (non-hydrogen) atoms. The molecule has 7 nitrogen and oxygen atoms in total. The van der Waals surface area contributed by atoms with Crippen LogP contribution in [0.5, 0.6) is 11.5 Å². The van der Waals surface area contributed by atoms with Crippen molar-refractivity contribution in [2.45, 2.75) is 20.3 Å². The molecule has 4 rings (SSSR count). The Morgan fingerprint density at radius 3 is 2.48 bits per heavy atom. The molecule has 2 heterocycles. The van der Waals surface area contributed by atoms with Gasteiger partial charge >= 0.3 is 0 Å². The fourth-order valence-electron chi connectivity index (χ4n) is 3.08. The van der Waals surface area contributed by atoms with E-state index in [2.05, 4.69) is 10.1 Å². The quantitative estimate of drug-likeness (QED) is 0.513. The average molecular weight is 435 g/mol. The van der Waals surface area contributed by atoms with Crippen molar-refractivity contribution in [2.24, 2.45) is 10.1 Å². The normalized spacial score (nSPS) is 16.8. The van der Waals surface area contributed by atoms with E-state index in [-0.39, 0.29) is 11.4 Å². The number of fused-ring (bicyclic) bond motifs is 1. The fourth-order valence-corrected chi connectivity index (χ4v) is 3.91. The second-order valence-electron chi connectivity index (χ2n) is 6.87. The molecule has 2 aliphatic heterocycles.